The van der Waals surface area contributed by atoms with E-state index in [1.54, 1.807) is 21.3 Å². The Morgan fingerprint density at radius 1 is 0.729 bits per heavy atom. The molecule has 6 nitrogen and oxygen atoms in total. The van der Waals surface area contributed by atoms with E-state index in [4.69, 9.17) is 23.7 Å². The number of nitrogens with zero attached hydrogens (tertiary/aromatic N) is 1. The van der Waals surface area contributed by atoms with Crippen molar-refractivity contribution in [1.82, 2.24) is 0 Å². The Bertz CT molecular complexity index is 2020. The molecule has 0 atom stereocenters. The van der Waals surface area contributed by atoms with Gasteiger partial charge in [0.25, 0.3) is 0 Å². The van der Waals surface area contributed by atoms with Crippen LogP contribution in [0, 0.1) is 6.92 Å². The quantitative estimate of drug-likeness (QED) is 0.185. The number of benzene rings is 5. The molecule has 0 N–H and O–H groups in total. The first-order valence-electron chi connectivity index (χ1n) is 16.6. The summed E-state index contributed by atoms with van der Waals surface area (Å²) < 4.78 is 30.5. The smallest absolute Gasteiger partial charge is 0.178 e. The first kappa shape index (κ1) is 30.4. The van der Waals surface area contributed by atoms with Crippen LogP contribution in [0.4, 0.5) is 5.69 Å². The second-order valence-corrected chi connectivity index (χ2v) is 13.5. The minimum atomic E-state index is -0.908. The van der Waals surface area contributed by atoms with E-state index < -0.39 is 5.60 Å². The number of hydrogen-bond acceptors (Lipinski definition) is 6. The standard InChI is InChI=1S/C42H41NO5/c1-26-7-16-31-35(23-26)41(2,3)39-32-17-18-42(27-8-12-29(44-4)13-9-27,28-10-14-30(45-5)15-11-28)48-40(32)34-25-37(46-6)36(24-33(34)38(31)39)43-19-21-47-22-20-43/h7-18,23-25H,19-22H2,1-6H3. The van der Waals surface area contributed by atoms with E-state index in [0.717, 1.165) is 69.2 Å². The van der Waals surface area contributed by atoms with Crippen LogP contribution in [0.1, 0.15) is 47.2 Å². The highest BCUT2D eigenvalue weighted by molar-refractivity contribution is 6.10. The molecule has 1 saturated heterocycles. The zero-order chi connectivity index (χ0) is 33.2. The lowest BCUT2D eigenvalue weighted by atomic mass is 9.76. The van der Waals surface area contributed by atoms with Gasteiger partial charge in [0.1, 0.15) is 23.0 Å². The van der Waals surface area contributed by atoms with Crippen molar-refractivity contribution in [3.63, 3.8) is 0 Å². The Morgan fingerprint density at radius 2 is 1.38 bits per heavy atom. The largest absolute Gasteiger partial charge is 0.497 e. The molecular weight excluding hydrogens is 598 g/mol. The molecule has 3 aliphatic rings. The van der Waals surface area contributed by atoms with Gasteiger partial charge in [-0.15, -0.1) is 0 Å². The molecular formula is C42H41NO5. The molecule has 0 saturated carbocycles. The molecule has 2 aliphatic heterocycles. The molecule has 0 amide bonds. The third-order valence-electron chi connectivity index (χ3n) is 10.5. The maximum atomic E-state index is 7.52. The van der Waals surface area contributed by atoms with Gasteiger partial charge in [-0.1, -0.05) is 68.0 Å². The number of ether oxygens (including phenoxy) is 5. The summed E-state index contributed by atoms with van der Waals surface area (Å²) in [5.74, 6) is 3.26. The number of fused-ring (bicyclic) bond motifs is 8. The number of rotatable bonds is 6. The third kappa shape index (κ3) is 4.50. The molecule has 0 unspecified atom stereocenters. The van der Waals surface area contributed by atoms with Crippen molar-refractivity contribution in [1.29, 1.82) is 0 Å². The van der Waals surface area contributed by atoms with Crippen LogP contribution >= 0.6 is 0 Å². The average molecular weight is 640 g/mol. The Labute approximate surface area is 282 Å². The molecule has 8 rings (SSSR count). The second kappa shape index (κ2) is 11.3. The van der Waals surface area contributed by atoms with Gasteiger partial charge < -0.3 is 28.6 Å². The first-order chi connectivity index (χ1) is 23.3. The summed E-state index contributed by atoms with van der Waals surface area (Å²) in [5.41, 5.74) is 9.47. The zero-order valence-corrected chi connectivity index (χ0v) is 28.5. The van der Waals surface area contributed by atoms with E-state index in [1.165, 1.54) is 27.8 Å². The van der Waals surface area contributed by atoms with E-state index in [9.17, 15) is 0 Å². The van der Waals surface area contributed by atoms with Crippen LogP contribution in [0.25, 0.3) is 28.0 Å². The predicted molar refractivity (Wildman–Crippen MR) is 192 cm³/mol. The minimum absolute atomic E-state index is 0.248. The molecule has 1 fully saturated rings. The number of methoxy groups -OCH3 is 3. The molecule has 0 radical (unpaired) electrons. The van der Waals surface area contributed by atoms with E-state index in [-0.39, 0.29) is 5.41 Å². The van der Waals surface area contributed by atoms with Gasteiger partial charge in [0.15, 0.2) is 5.60 Å². The van der Waals surface area contributed by atoms with Gasteiger partial charge in [-0.05, 0) is 77.0 Å². The van der Waals surface area contributed by atoms with Crippen molar-refractivity contribution < 1.29 is 23.7 Å². The van der Waals surface area contributed by atoms with Gasteiger partial charge in [0.05, 0.1) is 40.2 Å². The van der Waals surface area contributed by atoms with Crippen LogP contribution in [0.3, 0.4) is 0 Å². The molecule has 244 valence electrons. The number of aryl methyl sites for hydroxylation is 1. The minimum Gasteiger partial charge on any atom is -0.497 e. The van der Waals surface area contributed by atoms with Gasteiger partial charge in [0.2, 0.25) is 0 Å². The van der Waals surface area contributed by atoms with Crippen molar-refractivity contribution >= 4 is 22.5 Å². The average Bonchev–Trinajstić information content (AvgIpc) is 3.37. The van der Waals surface area contributed by atoms with Gasteiger partial charge in [-0.3, -0.25) is 0 Å². The molecule has 5 aromatic rings. The molecule has 5 aromatic carbocycles. The second-order valence-electron chi connectivity index (χ2n) is 13.5. The Balaban J connectivity index is 1.44. The van der Waals surface area contributed by atoms with Gasteiger partial charge in [0, 0.05) is 40.6 Å². The zero-order valence-electron chi connectivity index (χ0n) is 28.5. The lowest BCUT2D eigenvalue weighted by molar-refractivity contribution is 0.122. The highest BCUT2D eigenvalue weighted by atomic mass is 16.5. The number of morpholine rings is 1. The van der Waals surface area contributed by atoms with E-state index >= 15 is 0 Å². The van der Waals surface area contributed by atoms with Crippen molar-refractivity contribution in [3.05, 3.63) is 118 Å². The lowest BCUT2D eigenvalue weighted by Crippen LogP contribution is -2.36. The summed E-state index contributed by atoms with van der Waals surface area (Å²) in [7, 11) is 5.13. The maximum Gasteiger partial charge on any atom is 0.178 e. The molecule has 0 aromatic heterocycles. The van der Waals surface area contributed by atoms with Gasteiger partial charge in [-0.2, -0.15) is 0 Å². The Hall–Kier alpha value is -4.94. The SMILES string of the molecule is COc1ccc(C2(c3ccc(OC)cc3)C=Cc3c4c(c5cc(N6CCOCC6)c(OC)cc5c3O2)-c2ccc(C)cc2C4(C)C)cc1. The van der Waals surface area contributed by atoms with Crippen LogP contribution in [0.15, 0.2) is 84.9 Å². The highest BCUT2D eigenvalue weighted by Crippen LogP contribution is 2.59. The third-order valence-corrected chi connectivity index (χ3v) is 10.5. The van der Waals surface area contributed by atoms with E-state index in [2.05, 4.69) is 92.4 Å². The fourth-order valence-corrected chi connectivity index (χ4v) is 7.98. The molecule has 1 aliphatic carbocycles. The fraction of sp³-hybridized carbons (Fsp3) is 0.286. The Kier molecular flexibility index (Phi) is 7.18. The molecule has 0 bridgehead atoms. The van der Waals surface area contributed by atoms with Crippen LogP contribution in [0.5, 0.6) is 23.0 Å². The van der Waals surface area contributed by atoms with Crippen molar-refractivity contribution in [2.75, 3.05) is 52.5 Å². The van der Waals surface area contributed by atoms with Crippen LogP contribution in [-0.4, -0.2) is 47.6 Å². The highest BCUT2D eigenvalue weighted by Gasteiger charge is 2.44. The normalized spacial score (nSPS) is 16.9. The summed E-state index contributed by atoms with van der Waals surface area (Å²) in [6.45, 7) is 9.88. The lowest BCUT2D eigenvalue weighted by Gasteiger charge is -2.39. The molecule has 6 heteroatoms. The van der Waals surface area contributed by atoms with Crippen molar-refractivity contribution in [3.8, 4) is 34.1 Å². The van der Waals surface area contributed by atoms with Crippen molar-refractivity contribution in [2.24, 2.45) is 0 Å². The molecule has 48 heavy (non-hydrogen) atoms. The molecule has 2 heterocycles. The summed E-state index contributed by atoms with van der Waals surface area (Å²) in [6, 6.07) is 27.7. The summed E-state index contributed by atoms with van der Waals surface area (Å²) in [6.07, 6.45) is 4.50. The van der Waals surface area contributed by atoms with Crippen LogP contribution in [-0.2, 0) is 15.8 Å². The first-order valence-corrected chi connectivity index (χ1v) is 16.6. The predicted octanol–water partition coefficient (Wildman–Crippen LogP) is 8.67. The monoisotopic (exact) mass is 639 g/mol. The van der Waals surface area contributed by atoms with E-state index in [1.807, 2.05) is 24.3 Å². The fourth-order valence-electron chi connectivity index (χ4n) is 7.98. The van der Waals surface area contributed by atoms with Crippen LogP contribution in [0.2, 0.25) is 0 Å². The van der Waals surface area contributed by atoms with Gasteiger partial charge >= 0.3 is 0 Å². The number of hydrogen-bond donors (Lipinski definition) is 0. The summed E-state index contributed by atoms with van der Waals surface area (Å²) in [5, 5.41) is 2.19. The topological polar surface area (TPSA) is 49.4 Å². The molecule has 0 spiro atoms. The summed E-state index contributed by atoms with van der Waals surface area (Å²) in [4.78, 5) is 2.38. The maximum absolute atomic E-state index is 7.52. The summed E-state index contributed by atoms with van der Waals surface area (Å²) >= 11 is 0. The Morgan fingerprint density at radius 3 is 1.98 bits per heavy atom. The van der Waals surface area contributed by atoms with Crippen molar-refractivity contribution in [2.45, 2.75) is 31.8 Å². The van der Waals surface area contributed by atoms with Crippen LogP contribution < -0.4 is 23.8 Å². The van der Waals surface area contributed by atoms with Gasteiger partial charge in [-0.25, -0.2) is 0 Å². The van der Waals surface area contributed by atoms with E-state index in [0.29, 0.717) is 13.2 Å². The number of anilines is 1.